The average molecular weight is 223 g/mol. The molecule has 3 heteroatoms. The molecule has 0 aliphatic heterocycles. The summed E-state index contributed by atoms with van der Waals surface area (Å²) in [5, 5.41) is 12.9. The topological polar surface area (TPSA) is 35.8 Å². The minimum Gasteiger partial charge on any atom is -0.312 e. The van der Waals surface area contributed by atoms with Gasteiger partial charge in [0.1, 0.15) is 0 Å². The number of halogens is 1. The summed E-state index contributed by atoms with van der Waals surface area (Å²) < 4.78 is 0. The summed E-state index contributed by atoms with van der Waals surface area (Å²) in [5.41, 5.74) is 1.11. The number of rotatable bonds is 4. The van der Waals surface area contributed by atoms with Crippen LogP contribution in [0.2, 0.25) is 5.02 Å². The Labute approximate surface area is 95.9 Å². The molecule has 0 aliphatic rings. The molecule has 15 heavy (non-hydrogen) atoms. The number of benzene rings is 1. The van der Waals surface area contributed by atoms with E-state index in [4.69, 9.17) is 16.9 Å². The van der Waals surface area contributed by atoms with Crippen LogP contribution < -0.4 is 5.32 Å². The van der Waals surface area contributed by atoms with Gasteiger partial charge in [-0.1, -0.05) is 30.7 Å². The molecule has 0 aliphatic carbocycles. The lowest BCUT2D eigenvalue weighted by atomic mass is 9.92. The second-order valence-electron chi connectivity index (χ2n) is 3.46. The van der Waals surface area contributed by atoms with E-state index in [0.29, 0.717) is 0 Å². The summed E-state index contributed by atoms with van der Waals surface area (Å²) in [6, 6.07) is 10.0. The maximum Gasteiger partial charge on any atom is 0.0675 e. The van der Waals surface area contributed by atoms with Crippen LogP contribution in [-0.2, 0) is 0 Å². The van der Waals surface area contributed by atoms with Crippen LogP contribution in [0.25, 0.3) is 0 Å². The molecule has 1 aromatic rings. The van der Waals surface area contributed by atoms with E-state index in [0.717, 1.165) is 17.0 Å². The van der Waals surface area contributed by atoms with Gasteiger partial charge < -0.3 is 5.32 Å². The number of nitrogens with one attached hydrogen (secondary N) is 1. The fourth-order valence-electron chi connectivity index (χ4n) is 1.67. The average Bonchev–Trinajstić information content (AvgIpc) is 2.27. The molecule has 1 aromatic carbocycles. The maximum absolute atomic E-state index is 9.03. The van der Waals surface area contributed by atoms with Crippen molar-refractivity contribution in [3.05, 3.63) is 34.9 Å². The molecular formula is C12H15ClN2. The van der Waals surface area contributed by atoms with Crippen molar-refractivity contribution in [2.75, 3.05) is 7.05 Å². The Kier molecular flexibility index (Phi) is 4.61. The van der Waals surface area contributed by atoms with Gasteiger partial charge >= 0.3 is 0 Å². The minimum atomic E-state index is -0.00354. The molecular weight excluding hydrogens is 208 g/mol. The van der Waals surface area contributed by atoms with Crippen molar-refractivity contribution in [3.63, 3.8) is 0 Å². The molecule has 0 spiro atoms. The minimum absolute atomic E-state index is 0.00354. The van der Waals surface area contributed by atoms with Gasteiger partial charge in [0.25, 0.3) is 0 Å². The van der Waals surface area contributed by atoms with E-state index < -0.39 is 0 Å². The van der Waals surface area contributed by atoms with Crippen molar-refractivity contribution in [2.45, 2.75) is 19.4 Å². The molecule has 2 atom stereocenters. The Balaban J connectivity index is 2.92. The van der Waals surface area contributed by atoms with Crippen LogP contribution in [0, 0.1) is 17.2 Å². The third-order valence-corrected chi connectivity index (χ3v) is 2.80. The van der Waals surface area contributed by atoms with Crippen molar-refractivity contribution < 1.29 is 0 Å². The molecule has 80 valence electrons. The zero-order valence-electron chi connectivity index (χ0n) is 9.00. The molecule has 0 saturated carbocycles. The van der Waals surface area contributed by atoms with Crippen LogP contribution in [0.5, 0.6) is 0 Å². The third-order valence-electron chi connectivity index (χ3n) is 2.55. The van der Waals surface area contributed by atoms with E-state index in [1.165, 1.54) is 0 Å². The molecule has 0 radical (unpaired) electrons. The number of hydrogen-bond acceptors (Lipinski definition) is 2. The smallest absolute Gasteiger partial charge is 0.0675 e. The van der Waals surface area contributed by atoms with Crippen LogP contribution in [0.4, 0.5) is 0 Å². The number of nitrogens with zero attached hydrogens (tertiary/aromatic N) is 1. The molecule has 0 amide bonds. The standard InChI is InChI=1S/C12H15ClN2/c1-3-9(8-14)12(15-2)10-4-6-11(13)7-5-10/h4-7,9,12,15H,3H2,1-2H3. The summed E-state index contributed by atoms with van der Waals surface area (Å²) in [4.78, 5) is 0. The molecule has 0 fully saturated rings. The molecule has 0 bridgehead atoms. The fraction of sp³-hybridized carbons (Fsp3) is 0.417. The van der Waals surface area contributed by atoms with Crippen LogP contribution in [0.15, 0.2) is 24.3 Å². The van der Waals surface area contributed by atoms with Gasteiger partial charge in [-0.05, 0) is 31.2 Å². The highest BCUT2D eigenvalue weighted by atomic mass is 35.5. The van der Waals surface area contributed by atoms with E-state index in [-0.39, 0.29) is 12.0 Å². The predicted octanol–water partition coefficient (Wildman–Crippen LogP) is 3.15. The summed E-state index contributed by atoms with van der Waals surface area (Å²) in [6.45, 7) is 2.02. The first-order chi connectivity index (χ1) is 7.22. The van der Waals surface area contributed by atoms with E-state index in [1.807, 2.05) is 38.2 Å². The first-order valence-corrected chi connectivity index (χ1v) is 5.43. The first kappa shape index (κ1) is 12.0. The van der Waals surface area contributed by atoms with E-state index in [9.17, 15) is 0 Å². The van der Waals surface area contributed by atoms with Crippen molar-refractivity contribution in [1.82, 2.24) is 5.32 Å². The summed E-state index contributed by atoms with van der Waals surface area (Å²) >= 11 is 5.82. The van der Waals surface area contributed by atoms with Gasteiger partial charge in [0.2, 0.25) is 0 Å². The Morgan fingerprint density at radius 3 is 2.40 bits per heavy atom. The lowest BCUT2D eigenvalue weighted by Gasteiger charge is -2.20. The highest BCUT2D eigenvalue weighted by Gasteiger charge is 2.19. The zero-order valence-corrected chi connectivity index (χ0v) is 9.75. The molecule has 0 heterocycles. The molecule has 1 N–H and O–H groups in total. The quantitative estimate of drug-likeness (QED) is 0.850. The molecule has 0 aromatic heterocycles. The lowest BCUT2D eigenvalue weighted by molar-refractivity contribution is 0.449. The van der Waals surface area contributed by atoms with Gasteiger partial charge in [0, 0.05) is 11.1 Å². The van der Waals surface area contributed by atoms with Gasteiger partial charge in [0.15, 0.2) is 0 Å². The highest BCUT2D eigenvalue weighted by Crippen LogP contribution is 2.24. The zero-order chi connectivity index (χ0) is 11.3. The van der Waals surface area contributed by atoms with E-state index in [1.54, 1.807) is 0 Å². The maximum atomic E-state index is 9.03. The molecule has 1 rings (SSSR count). The second kappa shape index (κ2) is 5.75. The van der Waals surface area contributed by atoms with Crippen LogP contribution in [-0.4, -0.2) is 7.05 Å². The van der Waals surface area contributed by atoms with Gasteiger partial charge in [-0.25, -0.2) is 0 Å². The largest absolute Gasteiger partial charge is 0.312 e. The molecule has 0 saturated heterocycles. The van der Waals surface area contributed by atoms with Crippen molar-refractivity contribution >= 4 is 11.6 Å². The normalized spacial score (nSPS) is 14.3. The molecule has 2 unspecified atom stereocenters. The summed E-state index contributed by atoms with van der Waals surface area (Å²) in [7, 11) is 1.87. The Morgan fingerprint density at radius 1 is 1.40 bits per heavy atom. The predicted molar refractivity (Wildman–Crippen MR) is 62.6 cm³/mol. The third kappa shape index (κ3) is 2.95. The summed E-state index contributed by atoms with van der Waals surface area (Å²) in [6.07, 6.45) is 0.838. The molecule has 2 nitrogen and oxygen atoms in total. The van der Waals surface area contributed by atoms with Crippen molar-refractivity contribution in [2.24, 2.45) is 5.92 Å². The van der Waals surface area contributed by atoms with E-state index >= 15 is 0 Å². The first-order valence-electron chi connectivity index (χ1n) is 5.05. The highest BCUT2D eigenvalue weighted by molar-refractivity contribution is 6.30. The van der Waals surface area contributed by atoms with E-state index in [2.05, 4.69) is 11.4 Å². The number of nitriles is 1. The van der Waals surface area contributed by atoms with Gasteiger partial charge in [0.05, 0.1) is 12.0 Å². The SMILES string of the molecule is CCC(C#N)C(NC)c1ccc(Cl)cc1. The van der Waals surface area contributed by atoms with Crippen LogP contribution >= 0.6 is 11.6 Å². The second-order valence-corrected chi connectivity index (χ2v) is 3.90. The van der Waals surface area contributed by atoms with Crippen LogP contribution in [0.3, 0.4) is 0 Å². The Bertz CT molecular complexity index is 340. The van der Waals surface area contributed by atoms with Crippen molar-refractivity contribution in [3.8, 4) is 6.07 Å². The number of hydrogen-bond donors (Lipinski definition) is 1. The van der Waals surface area contributed by atoms with Gasteiger partial charge in [-0.3, -0.25) is 0 Å². The Hall–Kier alpha value is -1.04. The fourth-order valence-corrected chi connectivity index (χ4v) is 1.80. The Morgan fingerprint density at radius 2 is 2.00 bits per heavy atom. The van der Waals surface area contributed by atoms with Gasteiger partial charge in [-0.2, -0.15) is 5.26 Å². The van der Waals surface area contributed by atoms with Crippen LogP contribution in [0.1, 0.15) is 24.9 Å². The lowest BCUT2D eigenvalue weighted by Crippen LogP contribution is -2.23. The summed E-state index contributed by atoms with van der Waals surface area (Å²) in [5.74, 6) is -0.00354. The van der Waals surface area contributed by atoms with Crippen molar-refractivity contribution in [1.29, 1.82) is 5.26 Å². The van der Waals surface area contributed by atoms with Gasteiger partial charge in [-0.15, -0.1) is 0 Å². The monoisotopic (exact) mass is 222 g/mol.